The fourth-order valence-electron chi connectivity index (χ4n) is 2.06. The van der Waals surface area contributed by atoms with Crippen LogP contribution in [0.3, 0.4) is 0 Å². The molecule has 0 aliphatic rings. The molecule has 2 N–H and O–H groups in total. The van der Waals surface area contributed by atoms with Gasteiger partial charge in [-0.15, -0.1) is 0 Å². The van der Waals surface area contributed by atoms with Gasteiger partial charge >= 0.3 is 0 Å². The standard InChI is InChI=1S/C15H25NO/c1-11(16)8-13-9-12(10-15(2,3)4)6-7-14(13)17-5/h6-7,9,11H,8,10,16H2,1-5H3. The van der Waals surface area contributed by atoms with E-state index in [4.69, 9.17) is 10.5 Å². The second kappa shape index (κ2) is 5.54. The number of rotatable bonds is 4. The van der Waals surface area contributed by atoms with Crippen LogP contribution in [0.1, 0.15) is 38.8 Å². The quantitative estimate of drug-likeness (QED) is 0.870. The summed E-state index contributed by atoms with van der Waals surface area (Å²) in [5.41, 5.74) is 8.74. The van der Waals surface area contributed by atoms with Crippen molar-refractivity contribution in [2.75, 3.05) is 7.11 Å². The molecule has 1 unspecified atom stereocenters. The van der Waals surface area contributed by atoms with E-state index in [0.717, 1.165) is 18.6 Å². The third kappa shape index (κ3) is 4.78. The van der Waals surface area contributed by atoms with Gasteiger partial charge in [-0.2, -0.15) is 0 Å². The molecule has 1 aromatic rings. The molecule has 0 fully saturated rings. The van der Waals surface area contributed by atoms with E-state index in [-0.39, 0.29) is 6.04 Å². The van der Waals surface area contributed by atoms with Crippen LogP contribution < -0.4 is 10.5 Å². The molecule has 0 saturated carbocycles. The van der Waals surface area contributed by atoms with Crippen molar-refractivity contribution >= 4 is 0 Å². The lowest BCUT2D eigenvalue weighted by Gasteiger charge is -2.19. The Morgan fingerprint density at radius 1 is 1.29 bits per heavy atom. The average Bonchev–Trinajstić information content (AvgIpc) is 2.14. The smallest absolute Gasteiger partial charge is 0.122 e. The highest BCUT2D eigenvalue weighted by molar-refractivity contribution is 5.38. The van der Waals surface area contributed by atoms with Gasteiger partial charge in [0.15, 0.2) is 0 Å². The first-order valence-corrected chi connectivity index (χ1v) is 6.23. The Bertz CT molecular complexity index is 364. The summed E-state index contributed by atoms with van der Waals surface area (Å²) in [5, 5.41) is 0. The highest BCUT2D eigenvalue weighted by Gasteiger charge is 2.13. The van der Waals surface area contributed by atoms with Crippen molar-refractivity contribution in [3.8, 4) is 5.75 Å². The fourth-order valence-corrected chi connectivity index (χ4v) is 2.06. The summed E-state index contributed by atoms with van der Waals surface area (Å²) in [4.78, 5) is 0. The van der Waals surface area contributed by atoms with Crippen molar-refractivity contribution in [3.63, 3.8) is 0 Å². The number of methoxy groups -OCH3 is 1. The topological polar surface area (TPSA) is 35.2 Å². The number of hydrogen-bond acceptors (Lipinski definition) is 2. The van der Waals surface area contributed by atoms with Gasteiger partial charge in [0.25, 0.3) is 0 Å². The monoisotopic (exact) mass is 235 g/mol. The maximum absolute atomic E-state index is 5.87. The van der Waals surface area contributed by atoms with Crippen LogP contribution in [-0.2, 0) is 12.8 Å². The fraction of sp³-hybridized carbons (Fsp3) is 0.600. The average molecular weight is 235 g/mol. The third-order valence-electron chi connectivity index (χ3n) is 2.62. The lowest BCUT2D eigenvalue weighted by atomic mass is 9.87. The molecular weight excluding hydrogens is 210 g/mol. The summed E-state index contributed by atoms with van der Waals surface area (Å²) in [6.45, 7) is 8.78. The summed E-state index contributed by atoms with van der Waals surface area (Å²) in [7, 11) is 1.71. The van der Waals surface area contributed by atoms with Crippen LogP contribution in [-0.4, -0.2) is 13.2 Å². The molecular formula is C15H25NO. The van der Waals surface area contributed by atoms with Gasteiger partial charge in [0.2, 0.25) is 0 Å². The summed E-state index contributed by atoms with van der Waals surface area (Å²) >= 11 is 0. The van der Waals surface area contributed by atoms with Crippen LogP contribution in [0.25, 0.3) is 0 Å². The molecule has 1 aromatic carbocycles. The Morgan fingerprint density at radius 3 is 2.41 bits per heavy atom. The molecule has 96 valence electrons. The van der Waals surface area contributed by atoms with Crippen molar-refractivity contribution in [2.24, 2.45) is 11.1 Å². The lowest BCUT2D eigenvalue weighted by Crippen LogP contribution is -2.18. The van der Waals surface area contributed by atoms with E-state index in [1.165, 1.54) is 11.1 Å². The Balaban J connectivity index is 2.96. The molecule has 2 heteroatoms. The van der Waals surface area contributed by atoms with Gasteiger partial charge in [-0.25, -0.2) is 0 Å². The van der Waals surface area contributed by atoms with Gasteiger partial charge in [-0.05, 0) is 42.4 Å². The highest BCUT2D eigenvalue weighted by Crippen LogP contribution is 2.26. The van der Waals surface area contributed by atoms with Crippen LogP contribution >= 0.6 is 0 Å². The molecule has 0 spiro atoms. The zero-order chi connectivity index (χ0) is 13.1. The summed E-state index contributed by atoms with van der Waals surface area (Å²) in [5.74, 6) is 0.944. The van der Waals surface area contributed by atoms with Crippen LogP contribution in [0.4, 0.5) is 0 Å². The Kier molecular flexibility index (Phi) is 4.58. The van der Waals surface area contributed by atoms with E-state index in [9.17, 15) is 0 Å². The molecule has 0 aliphatic heterocycles. The van der Waals surface area contributed by atoms with E-state index in [0.29, 0.717) is 5.41 Å². The van der Waals surface area contributed by atoms with Crippen molar-refractivity contribution in [2.45, 2.75) is 46.6 Å². The molecule has 0 radical (unpaired) electrons. The zero-order valence-corrected chi connectivity index (χ0v) is 11.7. The van der Waals surface area contributed by atoms with Gasteiger partial charge in [-0.1, -0.05) is 32.9 Å². The predicted octanol–water partition coefficient (Wildman–Crippen LogP) is 3.17. The summed E-state index contributed by atoms with van der Waals surface area (Å²) < 4.78 is 5.38. The number of nitrogens with two attached hydrogens (primary N) is 1. The molecule has 1 rings (SSSR count). The van der Waals surface area contributed by atoms with Crippen molar-refractivity contribution in [1.29, 1.82) is 0 Å². The number of hydrogen-bond donors (Lipinski definition) is 1. The normalized spacial score (nSPS) is 13.5. The first kappa shape index (κ1) is 14.0. The lowest BCUT2D eigenvalue weighted by molar-refractivity contribution is 0.402. The van der Waals surface area contributed by atoms with Crippen LogP contribution in [0.5, 0.6) is 5.75 Å². The summed E-state index contributed by atoms with van der Waals surface area (Å²) in [6.07, 6.45) is 1.93. The minimum Gasteiger partial charge on any atom is -0.496 e. The minimum absolute atomic E-state index is 0.161. The van der Waals surface area contributed by atoms with Gasteiger partial charge in [0, 0.05) is 6.04 Å². The van der Waals surface area contributed by atoms with Crippen LogP contribution in [0.15, 0.2) is 18.2 Å². The summed E-state index contributed by atoms with van der Waals surface area (Å²) in [6, 6.07) is 6.59. The Labute approximate surface area is 105 Å². The molecule has 0 bridgehead atoms. The first-order valence-electron chi connectivity index (χ1n) is 6.23. The predicted molar refractivity (Wildman–Crippen MR) is 73.5 cm³/mol. The van der Waals surface area contributed by atoms with Gasteiger partial charge < -0.3 is 10.5 Å². The van der Waals surface area contributed by atoms with E-state index in [2.05, 4.69) is 39.0 Å². The molecule has 0 heterocycles. The van der Waals surface area contributed by atoms with E-state index < -0.39 is 0 Å². The van der Waals surface area contributed by atoms with Crippen LogP contribution in [0, 0.1) is 5.41 Å². The molecule has 17 heavy (non-hydrogen) atoms. The molecule has 0 saturated heterocycles. The highest BCUT2D eigenvalue weighted by atomic mass is 16.5. The molecule has 0 aromatic heterocycles. The first-order chi connectivity index (χ1) is 7.81. The molecule has 0 amide bonds. The molecule has 0 aliphatic carbocycles. The van der Waals surface area contributed by atoms with E-state index >= 15 is 0 Å². The maximum Gasteiger partial charge on any atom is 0.122 e. The van der Waals surface area contributed by atoms with E-state index in [1.54, 1.807) is 7.11 Å². The van der Waals surface area contributed by atoms with E-state index in [1.807, 2.05) is 6.92 Å². The maximum atomic E-state index is 5.87. The Hall–Kier alpha value is -1.02. The van der Waals surface area contributed by atoms with Crippen molar-refractivity contribution in [1.82, 2.24) is 0 Å². The molecule has 2 nitrogen and oxygen atoms in total. The Morgan fingerprint density at radius 2 is 1.94 bits per heavy atom. The van der Waals surface area contributed by atoms with Crippen LogP contribution in [0.2, 0.25) is 0 Å². The molecule has 1 atom stereocenters. The third-order valence-corrected chi connectivity index (χ3v) is 2.62. The SMILES string of the molecule is COc1ccc(CC(C)(C)C)cc1CC(C)N. The second-order valence-electron chi connectivity index (χ2n) is 6.07. The van der Waals surface area contributed by atoms with Gasteiger partial charge in [-0.3, -0.25) is 0 Å². The number of ether oxygens (including phenoxy) is 1. The van der Waals surface area contributed by atoms with Crippen molar-refractivity contribution in [3.05, 3.63) is 29.3 Å². The second-order valence-corrected chi connectivity index (χ2v) is 6.07. The largest absolute Gasteiger partial charge is 0.496 e. The van der Waals surface area contributed by atoms with Crippen molar-refractivity contribution < 1.29 is 4.74 Å². The van der Waals surface area contributed by atoms with Gasteiger partial charge in [0.05, 0.1) is 7.11 Å². The number of benzene rings is 1. The zero-order valence-electron chi connectivity index (χ0n) is 11.7. The van der Waals surface area contributed by atoms with Gasteiger partial charge in [0.1, 0.15) is 5.75 Å². The minimum atomic E-state index is 0.161.